The van der Waals surface area contributed by atoms with E-state index in [0.717, 1.165) is 27.7 Å². The molecule has 0 saturated heterocycles. The number of nitrogens with one attached hydrogen (secondary N) is 3. The van der Waals surface area contributed by atoms with Gasteiger partial charge in [-0.1, -0.05) is 56.7 Å². The van der Waals surface area contributed by atoms with Crippen LogP contribution in [0.5, 0.6) is 0 Å². The van der Waals surface area contributed by atoms with Crippen LogP contribution in [0.2, 0.25) is 0 Å². The van der Waals surface area contributed by atoms with E-state index in [-0.39, 0.29) is 11.8 Å². The number of aromatic nitrogens is 1. The minimum absolute atomic E-state index is 0.170. The first-order chi connectivity index (χ1) is 15.3. The van der Waals surface area contributed by atoms with Crippen LogP contribution in [0.15, 0.2) is 48.5 Å². The van der Waals surface area contributed by atoms with E-state index in [1.54, 1.807) is 11.0 Å². The third kappa shape index (κ3) is 3.47. The highest BCUT2D eigenvalue weighted by molar-refractivity contribution is 6.03. The fraction of sp³-hybridized carbons (Fsp3) is 0.292. The van der Waals surface area contributed by atoms with Crippen molar-refractivity contribution in [1.82, 2.24) is 20.7 Å². The van der Waals surface area contributed by atoms with Crippen molar-refractivity contribution in [2.45, 2.75) is 39.3 Å². The number of H-pyrrole nitrogens is 1. The Labute approximate surface area is 186 Å². The van der Waals surface area contributed by atoms with Crippen molar-refractivity contribution in [1.29, 1.82) is 0 Å². The summed E-state index contributed by atoms with van der Waals surface area (Å²) in [7, 11) is 0. The molecule has 1 aliphatic rings. The number of aromatic amines is 1. The fourth-order valence-electron chi connectivity index (χ4n) is 4.65. The molecule has 0 fully saturated rings. The second-order valence-electron chi connectivity index (χ2n) is 8.22. The zero-order valence-corrected chi connectivity index (χ0v) is 18.3. The molecular weight excluding hydrogens is 406 g/mol. The van der Waals surface area contributed by atoms with Gasteiger partial charge < -0.3 is 15.6 Å². The number of hydrazine groups is 1. The number of primary amides is 1. The normalized spacial score (nSPS) is 17.2. The first-order valence-corrected chi connectivity index (χ1v) is 10.7. The molecule has 3 atom stereocenters. The number of nitrogens with zero attached hydrogens (tertiary/aromatic N) is 1. The van der Waals surface area contributed by atoms with Crippen molar-refractivity contribution in [2.24, 2.45) is 11.7 Å². The van der Waals surface area contributed by atoms with Crippen LogP contribution in [-0.2, 0) is 4.79 Å². The molecule has 8 nitrogen and oxygen atoms in total. The third-order valence-corrected chi connectivity index (χ3v) is 6.28. The lowest BCUT2D eigenvalue weighted by Crippen LogP contribution is -2.56. The average molecular weight is 434 g/mol. The molecule has 166 valence electrons. The molecule has 2 aromatic carbocycles. The Bertz CT molecular complexity index is 1200. The molecule has 3 unspecified atom stereocenters. The van der Waals surface area contributed by atoms with Gasteiger partial charge in [0.15, 0.2) is 0 Å². The Kier molecular flexibility index (Phi) is 5.61. The van der Waals surface area contributed by atoms with E-state index in [9.17, 15) is 14.4 Å². The summed E-state index contributed by atoms with van der Waals surface area (Å²) >= 11 is 0. The summed E-state index contributed by atoms with van der Waals surface area (Å²) in [6.07, 6.45) is 0.661. The number of benzene rings is 2. The molecule has 32 heavy (non-hydrogen) atoms. The highest BCUT2D eigenvalue weighted by Crippen LogP contribution is 2.44. The molecule has 1 aromatic heterocycles. The first kappa shape index (κ1) is 21.4. The maximum atomic E-state index is 13.7. The van der Waals surface area contributed by atoms with Crippen LogP contribution in [0.4, 0.5) is 4.79 Å². The summed E-state index contributed by atoms with van der Waals surface area (Å²) in [6, 6.07) is 13.2. The number of hydrogen-bond acceptors (Lipinski definition) is 3. The van der Waals surface area contributed by atoms with Crippen LogP contribution < -0.4 is 16.6 Å². The van der Waals surface area contributed by atoms with Crippen molar-refractivity contribution in [3.63, 3.8) is 0 Å². The minimum atomic E-state index is -0.874. The number of nitrogens with two attached hydrogens (primary N) is 1. The van der Waals surface area contributed by atoms with Gasteiger partial charge in [-0.3, -0.25) is 15.0 Å². The zero-order chi connectivity index (χ0) is 23.0. The molecule has 4 rings (SSSR count). The van der Waals surface area contributed by atoms with Gasteiger partial charge in [-0.2, -0.15) is 0 Å². The summed E-state index contributed by atoms with van der Waals surface area (Å²) < 4.78 is 0. The summed E-state index contributed by atoms with van der Waals surface area (Å²) in [5, 5.41) is 1.00. The molecule has 4 amide bonds. The molecule has 0 aliphatic carbocycles. The largest absolute Gasteiger partial charge is 0.358 e. The van der Waals surface area contributed by atoms with Crippen LogP contribution in [0.25, 0.3) is 10.9 Å². The van der Waals surface area contributed by atoms with Crippen molar-refractivity contribution in [3.8, 4) is 0 Å². The highest BCUT2D eigenvalue weighted by atomic mass is 16.2. The third-order valence-electron chi connectivity index (χ3n) is 6.28. The molecular formula is C24H27N5O3. The predicted octanol–water partition coefficient (Wildman–Crippen LogP) is 3.14. The standard InChI is InChI=1S/C24H27N5O3/c1-4-13(2)20(22(30)27-28-24(25)32)29-21(15-9-5-6-10-16(15)23(29)31)19-14(3)26-18-12-8-7-11-17(18)19/h5-13,20-21,26H,4H2,1-3H3,(H,27,30)(H3,25,28,32). The number of fused-ring (bicyclic) bond motifs is 2. The number of aryl methyl sites for hydroxylation is 1. The maximum absolute atomic E-state index is 13.7. The molecule has 0 bridgehead atoms. The summed E-state index contributed by atoms with van der Waals surface area (Å²) in [4.78, 5) is 43.1. The Balaban J connectivity index is 1.90. The number of para-hydroxylation sites is 1. The van der Waals surface area contributed by atoms with Crippen molar-refractivity contribution in [3.05, 3.63) is 70.9 Å². The molecule has 5 N–H and O–H groups in total. The first-order valence-electron chi connectivity index (χ1n) is 10.7. The minimum Gasteiger partial charge on any atom is -0.358 e. The Hall–Kier alpha value is -3.81. The van der Waals surface area contributed by atoms with E-state index in [1.165, 1.54) is 0 Å². The Morgan fingerprint density at radius 1 is 1.12 bits per heavy atom. The van der Waals surface area contributed by atoms with Crippen LogP contribution in [0, 0.1) is 12.8 Å². The monoisotopic (exact) mass is 433 g/mol. The van der Waals surface area contributed by atoms with Gasteiger partial charge in [0.1, 0.15) is 6.04 Å². The number of urea groups is 1. The predicted molar refractivity (Wildman–Crippen MR) is 122 cm³/mol. The van der Waals surface area contributed by atoms with Crippen LogP contribution in [0.3, 0.4) is 0 Å². The van der Waals surface area contributed by atoms with Gasteiger partial charge in [0.2, 0.25) is 0 Å². The van der Waals surface area contributed by atoms with Gasteiger partial charge in [0.05, 0.1) is 6.04 Å². The summed E-state index contributed by atoms with van der Waals surface area (Å²) in [6.45, 7) is 5.86. The average Bonchev–Trinajstić information content (AvgIpc) is 3.25. The second-order valence-corrected chi connectivity index (χ2v) is 8.22. The maximum Gasteiger partial charge on any atom is 0.330 e. The number of carbonyl (C=O) groups is 3. The molecule has 3 aromatic rings. The lowest BCUT2D eigenvalue weighted by molar-refractivity contribution is -0.128. The molecule has 0 saturated carbocycles. The van der Waals surface area contributed by atoms with Gasteiger partial charge in [-0.25, -0.2) is 10.2 Å². The van der Waals surface area contributed by atoms with Crippen molar-refractivity contribution in [2.75, 3.05) is 0 Å². The van der Waals surface area contributed by atoms with E-state index in [0.29, 0.717) is 12.0 Å². The molecule has 2 heterocycles. The van der Waals surface area contributed by atoms with Gasteiger partial charge in [-0.05, 0) is 30.5 Å². The highest BCUT2D eigenvalue weighted by Gasteiger charge is 2.46. The summed E-state index contributed by atoms with van der Waals surface area (Å²) in [5.74, 6) is -0.868. The van der Waals surface area contributed by atoms with Crippen molar-refractivity contribution >= 4 is 28.7 Å². The number of rotatable bonds is 5. The number of hydrogen-bond donors (Lipinski definition) is 4. The van der Waals surface area contributed by atoms with E-state index in [2.05, 4.69) is 15.8 Å². The Morgan fingerprint density at radius 3 is 2.53 bits per heavy atom. The van der Waals surface area contributed by atoms with Gasteiger partial charge in [0.25, 0.3) is 11.8 Å². The van der Waals surface area contributed by atoms with Crippen LogP contribution >= 0.6 is 0 Å². The van der Waals surface area contributed by atoms with Gasteiger partial charge in [0, 0.05) is 27.7 Å². The number of amides is 4. The van der Waals surface area contributed by atoms with E-state index >= 15 is 0 Å². The van der Waals surface area contributed by atoms with Crippen molar-refractivity contribution < 1.29 is 14.4 Å². The lowest BCUT2D eigenvalue weighted by atomic mass is 9.91. The van der Waals surface area contributed by atoms with Crippen LogP contribution in [0.1, 0.15) is 53.5 Å². The SMILES string of the molecule is CCC(C)C(C(=O)NNC(N)=O)N1C(=O)c2ccccc2C1c1c(C)[nH]c2ccccc12. The smallest absolute Gasteiger partial charge is 0.330 e. The van der Waals surface area contributed by atoms with E-state index in [4.69, 9.17) is 5.73 Å². The molecule has 8 heteroatoms. The topological polar surface area (TPSA) is 120 Å². The Morgan fingerprint density at radius 2 is 1.81 bits per heavy atom. The summed E-state index contributed by atoms with van der Waals surface area (Å²) in [5.41, 5.74) is 14.0. The zero-order valence-electron chi connectivity index (χ0n) is 18.3. The van der Waals surface area contributed by atoms with E-state index in [1.807, 2.05) is 63.2 Å². The second kappa shape index (κ2) is 8.37. The van der Waals surface area contributed by atoms with Gasteiger partial charge >= 0.3 is 6.03 Å². The van der Waals surface area contributed by atoms with E-state index < -0.39 is 24.0 Å². The van der Waals surface area contributed by atoms with Crippen LogP contribution in [-0.4, -0.2) is 33.8 Å². The van der Waals surface area contributed by atoms with Gasteiger partial charge in [-0.15, -0.1) is 0 Å². The lowest BCUT2D eigenvalue weighted by Gasteiger charge is -2.36. The number of carbonyl (C=O) groups excluding carboxylic acids is 3. The molecule has 1 aliphatic heterocycles. The fourth-order valence-corrected chi connectivity index (χ4v) is 4.65. The molecule has 0 spiro atoms. The quantitative estimate of drug-likeness (QED) is 0.463. The molecule has 0 radical (unpaired) electrons.